The summed E-state index contributed by atoms with van der Waals surface area (Å²) in [5, 5.41) is 8.14. The molecule has 0 unspecified atom stereocenters. The van der Waals surface area contributed by atoms with Gasteiger partial charge in [-0.1, -0.05) is 0 Å². The van der Waals surface area contributed by atoms with Gasteiger partial charge in [0.05, 0.1) is 18.0 Å². The van der Waals surface area contributed by atoms with E-state index in [0.29, 0.717) is 45.9 Å². The highest BCUT2D eigenvalue weighted by Gasteiger charge is 2.21. The van der Waals surface area contributed by atoms with Crippen molar-refractivity contribution in [2.75, 3.05) is 57.9 Å². The number of ether oxygens (including phenoxy) is 1. The first kappa shape index (κ1) is 18.7. The summed E-state index contributed by atoms with van der Waals surface area (Å²) < 4.78 is 27.5. The fourth-order valence-electron chi connectivity index (χ4n) is 2.54. The molecule has 0 spiro atoms. The molecule has 0 aromatic heterocycles. The highest BCUT2D eigenvalue weighted by molar-refractivity contribution is 7.89. The van der Waals surface area contributed by atoms with Crippen LogP contribution in [0.1, 0.15) is 0 Å². The first-order chi connectivity index (χ1) is 11.4. The van der Waals surface area contributed by atoms with E-state index >= 15 is 0 Å². The number of carbonyl (C=O) groups excluding carboxylic acids is 1. The second-order valence-corrected chi connectivity index (χ2v) is 7.14. The third-order valence-corrected chi connectivity index (χ3v) is 4.85. The van der Waals surface area contributed by atoms with Gasteiger partial charge >= 0.3 is 0 Å². The van der Waals surface area contributed by atoms with Gasteiger partial charge in [-0.2, -0.15) is 0 Å². The average molecular weight is 356 g/mol. The van der Waals surface area contributed by atoms with E-state index in [1.807, 2.05) is 4.90 Å². The quantitative estimate of drug-likeness (QED) is 0.621. The Bertz CT molecular complexity index is 640. The Morgan fingerprint density at radius 3 is 2.38 bits per heavy atom. The second kappa shape index (κ2) is 8.43. The Morgan fingerprint density at radius 2 is 1.83 bits per heavy atom. The van der Waals surface area contributed by atoms with E-state index in [4.69, 9.17) is 9.88 Å². The summed E-state index contributed by atoms with van der Waals surface area (Å²) >= 11 is 0. The van der Waals surface area contributed by atoms with Crippen LogP contribution in [0.15, 0.2) is 29.2 Å². The third kappa shape index (κ3) is 5.17. The number of benzene rings is 1. The van der Waals surface area contributed by atoms with Crippen LogP contribution in [-0.4, -0.2) is 72.2 Å². The minimum atomic E-state index is -3.67. The zero-order chi connectivity index (χ0) is 17.6. The molecule has 1 aliphatic heterocycles. The van der Waals surface area contributed by atoms with E-state index in [-0.39, 0.29) is 10.8 Å². The van der Waals surface area contributed by atoms with Crippen molar-refractivity contribution in [1.29, 1.82) is 0 Å². The summed E-state index contributed by atoms with van der Waals surface area (Å²) in [5.41, 5.74) is 0.924. The maximum atomic E-state index is 12.1. The molecule has 0 radical (unpaired) electrons. The predicted octanol–water partition coefficient (Wildman–Crippen LogP) is -0.781. The number of primary sulfonamides is 1. The van der Waals surface area contributed by atoms with E-state index < -0.39 is 10.0 Å². The summed E-state index contributed by atoms with van der Waals surface area (Å²) in [5.74, 6) is 0.0790. The molecule has 2 rings (SSSR count). The van der Waals surface area contributed by atoms with Crippen molar-refractivity contribution in [3.8, 4) is 0 Å². The van der Waals surface area contributed by atoms with Crippen LogP contribution in [-0.2, 0) is 19.6 Å². The van der Waals surface area contributed by atoms with Crippen LogP contribution in [0.2, 0.25) is 0 Å². The van der Waals surface area contributed by atoms with Crippen LogP contribution in [0, 0.1) is 0 Å². The Labute approximate surface area is 142 Å². The van der Waals surface area contributed by atoms with Gasteiger partial charge < -0.3 is 19.9 Å². The van der Waals surface area contributed by atoms with Crippen molar-refractivity contribution in [3.63, 3.8) is 0 Å². The lowest BCUT2D eigenvalue weighted by atomic mass is 10.2. The molecule has 1 heterocycles. The van der Waals surface area contributed by atoms with Gasteiger partial charge in [-0.3, -0.25) is 4.79 Å². The molecule has 9 heteroatoms. The Balaban J connectivity index is 1.83. The maximum absolute atomic E-state index is 12.1. The maximum Gasteiger partial charge on any atom is 0.238 e. The number of nitrogens with two attached hydrogens (primary N) is 1. The number of rotatable bonds is 7. The van der Waals surface area contributed by atoms with Gasteiger partial charge in [0.15, 0.2) is 0 Å². The summed E-state index contributed by atoms with van der Waals surface area (Å²) in [4.78, 5) is 16.1. The molecule has 1 amide bonds. The minimum absolute atomic E-state index is 0.0790. The average Bonchev–Trinajstić information content (AvgIpc) is 2.58. The van der Waals surface area contributed by atoms with Gasteiger partial charge in [0.2, 0.25) is 15.9 Å². The predicted molar refractivity (Wildman–Crippen MR) is 91.4 cm³/mol. The molecular formula is C15H24N4O4S. The molecule has 24 heavy (non-hydrogen) atoms. The van der Waals surface area contributed by atoms with Gasteiger partial charge in [-0.25, -0.2) is 13.6 Å². The molecule has 0 saturated carbocycles. The first-order valence-electron chi connectivity index (χ1n) is 7.77. The van der Waals surface area contributed by atoms with Crippen LogP contribution < -0.4 is 15.4 Å². The molecule has 0 aliphatic carbocycles. The monoisotopic (exact) mass is 356 g/mol. The van der Waals surface area contributed by atoms with Crippen LogP contribution >= 0.6 is 0 Å². The standard InChI is InChI=1S/C15H24N4O4S/c1-23-11-6-17-12-15(20)19-9-7-18(8-10-19)13-2-4-14(5-3-13)24(16,21)22/h2-5,17H,6-12H2,1H3,(H2,16,21,22). The molecule has 1 aromatic carbocycles. The minimum Gasteiger partial charge on any atom is -0.383 e. The van der Waals surface area contributed by atoms with Crippen LogP contribution in [0.4, 0.5) is 5.69 Å². The number of sulfonamides is 1. The lowest BCUT2D eigenvalue weighted by Crippen LogP contribution is -2.51. The number of amides is 1. The molecule has 0 atom stereocenters. The largest absolute Gasteiger partial charge is 0.383 e. The van der Waals surface area contributed by atoms with E-state index in [1.54, 1.807) is 19.2 Å². The summed E-state index contributed by atoms with van der Waals surface area (Å²) in [6.07, 6.45) is 0. The fourth-order valence-corrected chi connectivity index (χ4v) is 3.06. The summed E-state index contributed by atoms with van der Waals surface area (Å²) in [7, 11) is -2.05. The van der Waals surface area contributed by atoms with Crippen LogP contribution in [0.5, 0.6) is 0 Å². The van der Waals surface area contributed by atoms with Crippen molar-refractivity contribution in [3.05, 3.63) is 24.3 Å². The number of hydrogen-bond donors (Lipinski definition) is 2. The molecule has 1 aromatic rings. The molecule has 3 N–H and O–H groups in total. The number of carbonyl (C=O) groups is 1. The highest BCUT2D eigenvalue weighted by Crippen LogP contribution is 2.19. The molecule has 8 nitrogen and oxygen atoms in total. The molecule has 1 saturated heterocycles. The topological polar surface area (TPSA) is 105 Å². The van der Waals surface area contributed by atoms with Gasteiger partial charge in [-0.15, -0.1) is 0 Å². The van der Waals surface area contributed by atoms with Crippen molar-refractivity contribution in [1.82, 2.24) is 10.2 Å². The van der Waals surface area contributed by atoms with Crippen molar-refractivity contribution >= 4 is 21.6 Å². The number of hydrogen-bond acceptors (Lipinski definition) is 6. The number of nitrogens with zero attached hydrogens (tertiary/aromatic N) is 2. The molecular weight excluding hydrogens is 332 g/mol. The van der Waals surface area contributed by atoms with E-state index in [2.05, 4.69) is 10.2 Å². The first-order valence-corrected chi connectivity index (χ1v) is 9.31. The zero-order valence-corrected chi connectivity index (χ0v) is 14.6. The second-order valence-electron chi connectivity index (χ2n) is 5.58. The van der Waals surface area contributed by atoms with E-state index in [1.165, 1.54) is 12.1 Å². The Hall–Kier alpha value is -1.68. The SMILES string of the molecule is COCCNCC(=O)N1CCN(c2ccc(S(N)(=O)=O)cc2)CC1. The van der Waals surface area contributed by atoms with Crippen LogP contribution in [0.25, 0.3) is 0 Å². The van der Waals surface area contributed by atoms with Crippen molar-refractivity contribution in [2.45, 2.75) is 4.90 Å². The Morgan fingerprint density at radius 1 is 1.21 bits per heavy atom. The normalized spacial score (nSPS) is 15.6. The van der Waals surface area contributed by atoms with Gasteiger partial charge in [-0.05, 0) is 24.3 Å². The number of piperazine rings is 1. The lowest BCUT2D eigenvalue weighted by molar-refractivity contribution is -0.130. The van der Waals surface area contributed by atoms with E-state index in [0.717, 1.165) is 5.69 Å². The van der Waals surface area contributed by atoms with Crippen LogP contribution in [0.3, 0.4) is 0 Å². The van der Waals surface area contributed by atoms with Gasteiger partial charge in [0, 0.05) is 45.5 Å². The van der Waals surface area contributed by atoms with Crippen molar-refractivity contribution in [2.24, 2.45) is 5.14 Å². The number of methoxy groups -OCH3 is 1. The third-order valence-electron chi connectivity index (χ3n) is 3.92. The molecule has 0 bridgehead atoms. The molecule has 1 fully saturated rings. The van der Waals surface area contributed by atoms with Gasteiger partial charge in [0.1, 0.15) is 0 Å². The lowest BCUT2D eigenvalue weighted by Gasteiger charge is -2.36. The van der Waals surface area contributed by atoms with E-state index in [9.17, 15) is 13.2 Å². The zero-order valence-electron chi connectivity index (χ0n) is 13.8. The Kier molecular flexibility index (Phi) is 6.55. The molecule has 134 valence electrons. The highest BCUT2D eigenvalue weighted by atomic mass is 32.2. The van der Waals surface area contributed by atoms with Gasteiger partial charge in [0.25, 0.3) is 0 Å². The fraction of sp³-hybridized carbons (Fsp3) is 0.533. The summed E-state index contributed by atoms with van der Waals surface area (Å²) in [6, 6.07) is 6.48. The number of anilines is 1. The smallest absolute Gasteiger partial charge is 0.238 e. The summed E-state index contributed by atoms with van der Waals surface area (Å²) in [6.45, 7) is 4.24. The molecule has 1 aliphatic rings. The number of nitrogens with one attached hydrogen (secondary N) is 1. The van der Waals surface area contributed by atoms with Crippen molar-refractivity contribution < 1.29 is 17.9 Å².